The maximum Gasteiger partial charge on any atom is 0.226 e. The number of ether oxygens (including phenoxy) is 1. The molecule has 0 saturated heterocycles. The van der Waals surface area contributed by atoms with Crippen molar-refractivity contribution in [3.63, 3.8) is 0 Å². The molecule has 0 radical (unpaired) electrons. The molecule has 2 aromatic rings. The van der Waals surface area contributed by atoms with Crippen molar-refractivity contribution >= 4 is 17.5 Å². The van der Waals surface area contributed by atoms with E-state index in [0.717, 1.165) is 23.4 Å². The van der Waals surface area contributed by atoms with Gasteiger partial charge in [-0.15, -0.1) is 0 Å². The number of amides is 2. The van der Waals surface area contributed by atoms with Gasteiger partial charge in [0.15, 0.2) is 0 Å². The third-order valence-corrected chi connectivity index (χ3v) is 4.64. The van der Waals surface area contributed by atoms with Gasteiger partial charge >= 0.3 is 0 Å². The Hall–Kier alpha value is -2.82. The lowest BCUT2D eigenvalue weighted by Crippen LogP contribution is -2.40. The van der Waals surface area contributed by atoms with E-state index in [1.165, 1.54) is 5.56 Å². The molecule has 0 aliphatic carbocycles. The average molecular weight is 352 g/mol. The van der Waals surface area contributed by atoms with Crippen molar-refractivity contribution in [1.82, 2.24) is 4.90 Å². The van der Waals surface area contributed by atoms with E-state index in [-0.39, 0.29) is 24.3 Å². The Morgan fingerprint density at radius 1 is 1.15 bits per heavy atom. The van der Waals surface area contributed by atoms with Gasteiger partial charge in [0.25, 0.3) is 0 Å². The minimum atomic E-state index is -0.222. The summed E-state index contributed by atoms with van der Waals surface area (Å²) in [6.07, 6.45) is 1.07. The van der Waals surface area contributed by atoms with Crippen LogP contribution in [0.3, 0.4) is 0 Å². The first-order valence-corrected chi connectivity index (χ1v) is 8.96. The maximum absolute atomic E-state index is 12.6. The van der Waals surface area contributed by atoms with Gasteiger partial charge in [0.05, 0.1) is 19.1 Å². The number of nitrogens with zero attached hydrogens (tertiary/aromatic N) is 1. The summed E-state index contributed by atoms with van der Waals surface area (Å²) >= 11 is 0. The highest BCUT2D eigenvalue weighted by Crippen LogP contribution is 2.32. The van der Waals surface area contributed by atoms with Crippen molar-refractivity contribution in [2.75, 3.05) is 18.5 Å². The minimum absolute atomic E-state index is 0.00151. The zero-order valence-electron chi connectivity index (χ0n) is 15.2. The molecule has 0 saturated carbocycles. The number of hydrogen-bond acceptors (Lipinski definition) is 3. The van der Waals surface area contributed by atoms with Crippen molar-refractivity contribution in [2.45, 2.75) is 32.7 Å². The van der Waals surface area contributed by atoms with Crippen molar-refractivity contribution in [1.29, 1.82) is 0 Å². The fourth-order valence-electron chi connectivity index (χ4n) is 3.44. The van der Waals surface area contributed by atoms with Gasteiger partial charge in [-0.05, 0) is 48.7 Å². The van der Waals surface area contributed by atoms with E-state index in [9.17, 15) is 9.59 Å². The molecule has 0 spiro atoms. The summed E-state index contributed by atoms with van der Waals surface area (Å²) in [6.45, 7) is 4.74. The van der Waals surface area contributed by atoms with E-state index >= 15 is 0 Å². The summed E-state index contributed by atoms with van der Waals surface area (Å²) in [5, 5.41) is 2.92. The molecular formula is C21H24N2O3. The quantitative estimate of drug-likeness (QED) is 0.895. The molecule has 0 aromatic heterocycles. The van der Waals surface area contributed by atoms with Crippen molar-refractivity contribution in [2.24, 2.45) is 0 Å². The highest BCUT2D eigenvalue weighted by molar-refractivity contribution is 5.91. The van der Waals surface area contributed by atoms with Gasteiger partial charge in [-0.3, -0.25) is 9.59 Å². The highest BCUT2D eigenvalue weighted by atomic mass is 16.5. The van der Waals surface area contributed by atoms with Gasteiger partial charge in [-0.1, -0.05) is 24.3 Å². The largest absolute Gasteiger partial charge is 0.494 e. The first kappa shape index (κ1) is 18.0. The Morgan fingerprint density at radius 2 is 1.88 bits per heavy atom. The monoisotopic (exact) mass is 352 g/mol. The Morgan fingerprint density at radius 3 is 2.58 bits per heavy atom. The highest BCUT2D eigenvalue weighted by Gasteiger charge is 2.30. The topological polar surface area (TPSA) is 58.6 Å². The summed E-state index contributed by atoms with van der Waals surface area (Å²) < 4.78 is 5.41. The first-order valence-electron chi connectivity index (χ1n) is 8.96. The SMILES string of the molecule is CCOc1ccc(NC(=O)CC2c3ccccc3CCN2C(C)=O)cc1. The lowest BCUT2D eigenvalue weighted by molar-refractivity contribution is -0.132. The number of hydrogen-bond donors (Lipinski definition) is 1. The van der Waals surface area contributed by atoms with Crippen LogP contribution in [-0.4, -0.2) is 29.9 Å². The van der Waals surface area contributed by atoms with Crippen LogP contribution in [0.2, 0.25) is 0 Å². The van der Waals surface area contributed by atoms with Gasteiger partial charge in [0, 0.05) is 19.2 Å². The van der Waals surface area contributed by atoms with Crippen LogP contribution in [0.1, 0.15) is 37.4 Å². The van der Waals surface area contributed by atoms with E-state index in [1.807, 2.05) is 49.4 Å². The molecule has 2 aromatic carbocycles. The Balaban J connectivity index is 1.73. The van der Waals surface area contributed by atoms with Crippen LogP contribution in [0, 0.1) is 0 Å². The van der Waals surface area contributed by atoms with E-state index < -0.39 is 0 Å². The van der Waals surface area contributed by atoms with Gasteiger partial charge in [-0.2, -0.15) is 0 Å². The number of benzene rings is 2. The van der Waals surface area contributed by atoms with E-state index in [2.05, 4.69) is 11.4 Å². The van der Waals surface area contributed by atoms with E-state index in [4.69, 9.17) is 4.74 Å². The number of carbonyl (C=O) groups excluding carboxylic acids is 2. The molecule has 1 heterocycles. The molecule has 0 bridgehead atoms. The van der Waals surface area contributed by atoms with E-state index in [1.54, 1.807) is 11.8 Å². The van der Waals surface area contributed by atoms with Gasteiger partial charge in [0.2, 0.25) is 11.8 Å². The normalized spacial score (nSPS) is 15.9. The van der Waals surface area contributed by atoms with Gasteiger partial charge in [-0.25, -0.2) is 0 Å². The smallest absolute Gasteiger partial charge is 0.226 e. The molecule has 26 heavy (non-hydrogen) atoms. The molecule has 136 valence electrons. The molecule has 0 fully saturated rings. The lowest BCUT2D eigenvalue weighted by atomic mass is 9.90. The minimum Gasteiger partial charge on any atom is -0.494 e. The second-order valence-corrected chi connectivity index (χ2v) is 6.39. The Kier molecular flexibility index (Phi) is 5.56. The lowest BCUT2D eigenvalue weighted by Gasteiger charge is -2.36. The second kappa shape index (κ2) is 8.04. The molecule has 3 rings (SSSR count). The summed E-state index contributed by atoms with van der Waals surface area (Å²) in [5.74, 6) is 0.662. The Labute approximate surface area is 154 Å². The Bertz CT molecular complexity index is 786. The summed E-state index contributed by atoms with van der Waals surface area (Å²) in [6, 6.07) is 15.1. The zero-order valence-corrected chi connectivity index (χ0v) is 15.2. The van der Waals surface area contributed by atoms with E-state index in [0.29, 0.717) is 13.2 Å². The number of fused-ring (bicyclic) bond motifs is 1. The predicted octanol–water partition coefficient (Wildman–Crippen LogP) is 3.56. The summed E-state index contributed by atoms with van der Waals surface area (Å²) in [7, 11) is 0. The summed E-state index contributed by atoms with van der Waals surface area (Å²) in [4.78, 5) is 26.4. The number of carbonyl (C=O) groups is 2. The van der Waals surface area contributed by atoms with Crippen LogP contribution < -0.4 is 10.1 Å². The van der Waals surface area contributed by atoms with Crippen LogP contribution in [0.5, 0.6) is 5.75 Å². The first-order chi connectivity index (χ1) is 12.6. The third-order valence-electron chi connectivity index (χ3n) is 4.64. The van der Waals surface area contributed by atoms with Gasteiger partial charge < -0.3 is 15.0 Å². The van der Waals surface area contributed by atoms with Crippen LogP contribution in [0.4, 0.5) is 5.69 Å². The van der Waals surface area contributed by atoms with Crippen LogP contribution in [0.25, 0.3) is 0 Å². The molecule has 2 amide bonds. The van der Waals surface area contributed by atoms with Crippen LogP contribution >= 0.6 is 0 Å². The standard InChI is InChI=1S/C21H24N2O3/c1-3-26-18-10-8-17(9-11-18)22-21(25)14-20-19-7-5-4-6-16(19)12-13-23(20)15(2)24/h4-11,20H,3,12-14H2,1-2H3,(H,22,25). The van der Waals surface area contributed by atoms with Crippen LogP contribution in [0.15, 0.2) is 48.5 Å². The molecule has 1 atom stereocenters. The molecule has 1 N–H and O–H groups in total. The molecule has 1 unspecified atom stereocenters. The molecule has 5 nitrogen and oxygen atoms in total. The van der Waals surface area contributed by atoms with Crippen molar-refractivity contribution < 1.29 is 14.3 Å². The number of rotatable bonds is 5. The third kappa shape index (κ3) is 4.04. The molecule has 1 aliphatic rings. The predicted molar refractivity (Wildman–Crippen MR) is 101 cm³/mol. The van der Waals surface area contributed by atoms with Gasteiger partial charge in [0.1, 0.15) is 5.75 Å². The fourth-order valence-corrected chi connectivity index (χ4v) is 3.44. The number of nitrogens with one attached hydrogen (secondary N) is 1. The summed E-state index contributed by atoms with van der Waals surface area (Å²) in [5.41, 5.74) is 3.00. The number of anilines is 1. The van der Waals surface area contributed by atoms with Crippen molar-refractivity contribution in [3.8, 4) is 5.75 Å². The fraction of sp³-hybridized carbons (Fsp3) is 0.333. The molecule has 5 heteroatoms. The van der Waals surface area contributed by atoms with Crippen molar-refractivity contribution in [3.05, 3.63) is 59.7 Å². The molecular weight excluding hydrogens is 328 g/mol. The maximum atomic E-state index is 12.6. The zero-order chi connectivity index (χ0) is 18.5. The average Bonchev–Trinajstić information content (AvgIpc) is 2.63. The van der Waals surface area contributed by atoms with Crippen LogP contribution in [-0.2, 0) is 16.0 Å². The second-order valence-electron chi connectivity index (χ2n) is 6.39. The molecule has 1 aliphatic heterocycles.